The van der Waals surface area contributed by atoms with Gasteiger partial charge in [0.05, 0.1) is 12.2 Å². The van der Waals surface area contributed by atoms with Gasteiger partial charge in [0, 0.05) is 25.9 Å². The number of rotatable bonds is 7. The van der Waals surface area contributed by atoms with Crippen molar-refractivity contribution in [1.29, 1.82) is 5.41 Å². The Morgan fingerprint density at radius 3 is 2.88 bits per heavy atom. The van der Waals surface area contributed by atoms with Crippen LogP contribution in [0.3, 0.4) is 0 Å². The molecule has 0 aromatic carbocycles. The van der Waals surface area contributed by atoms with Crippen LogP contribution in [0.15, 0.2) is 18.3 Å². The topological polar surface area (TPSA) is 75.2 Å². The molecule has 94 valence electrons. The molecule has 0 aliphatic heterocycles. The summed E-state index contributed by atoms with van der Waals surface area (Å²) in [5.74, 6) is 0.796. The molecule has 1 heterocycles. The molecule has 5 heteroatoms. The average Bonchev–Trinajstić information content (AvgIpc) is 2.35. The van der Waals surface area contributed by atoms with E-state index in [1.54, 1.807) is 12.3 Å². The van der Waals surface area contributed by atoms with Gasteiger partial charge in [-0.2, -0.15) is 0 Å². The van der Waals surface area contributed by atoms with E-state index in [0.29, 0.717) is 18.8 Å². The van der Waals surface area contributed by atoms with Gasteiger partial charge >= 0.3 is 0 Å². The molecule has 5 nitrogen and oxygen atoms in total. The molecule has 0 bridgehead atoms. The summed E-state index contributed by atoms with van der Waals surface area (Å²) in [6.07, 6.45) is 1.71. The number of aromatic nitrogens is 1. The van der Waals surface area contributed by atoms with Gasteiger partial charge in [-0.15, -0.1) is 0 Å². The van der Waals surface area contributed by atoms with E-state index in [-0.39, 0.29) is 5.84 Å². The summed E-state index contributed by atoms with van der Waals surface area (Å²) in [6, 6.07) is 3.60. The summed E-state index contributed by atoms with van der Waals surface area (Å²) < 4.78 is 5.33. The Morgan fingerprint density at radius 2 is 2.29 bits per heavy atom. The molecule has 1 aromatic rings. The second-order valence-corrected chi connectivity index (χ2v) is 3.56. The number of nitrogens with zero attached hydrogens (tertiary/aromatic N) is 2. The quantitative estimate of drug-likeness (QED) is 0.424. The minimum Gasteiger partial charge on any atom is -0.384 e. The second-order valence-electron chi connectivity index (χ2n) is 3.56. The Kier molecular flexibility index (Phi) is 5.42. The number of anilines is 1. The van der Waals surface area contributed by atoms with E-state index >= 15 is 0 Å². The normalized spacial score (nSPS) is 10.2. The van der Waals surface area contributed by atoms with E-state index in [9.17, 15) is 0 Å². The van der Waals surface area contributed by atoms with Crippen molar-refractivity contribution in [2.75, 3.05) is 31.2 Å². The van der Waals surface area contributed by atoms with E-state index in [1.165, 1.54) is 0 Å². The molecule has 0 amide bonds. The Bertz CT molecular complexity index is 367. The summed E-state index contributed by atoms with van der Waals surface area (Å²) in [4.78, 5) is 6.36. The van der Waals surface area contributed by atoms with Crippen LogP contribution >= 0.6 is 0 Å². The fourth-order valence-electron chi connectivity index (χ4n) is 1.59. The third-order valence-electron chi connectivity index (χ3n) is 2.47. The lowest BCUT2D eigenvalue weighted by molar-refractivity contribution is 0.154. The number of amidine groups is 1. The maximum atomic E-state index is 7.54. The zero-order chi connectivity index (χ0) is 12.7. The smallest absolute Gasteiger partial charge is 0.139 e. The largest absolute Gasteiger partial charge is 0.384 e. The van der Waals surface area contributed by atoms with Crippen molar-refractivity contribution in [3.05, 3.63) is 23.9 Å². The third kappa shape index (κ3) is 3.71. The van der Waals surface area contributed by atoms with Gasteiger partial charge in [0.15, 0.2) is 0 Å². The van der Waals surface area contributed by atoms with Crippen molar-refractivity contribution >= 4 is 11.7 Å². The fourth-order valence-corrected chi connectivity index (χ4v) is 1.59. The highest BCUT2D eigenvalue weighted by Gasteiger charge is 2.12. The first-order chi connectivity index (χ1) is 8.20. The summed E-state index contributed by atoms with van der Waals surface area (Å²) in [7, 11) is 0. The van der Waals surface area contributed by atoms with E-state index in [4.69, 9.17) is 15.9 Å². The number of ether oxygens (including phenoxy) is 1. The van der Waals surface area contributed by atoms with E-state index in [0.717, 1.165) is 18.9 Å². The summed E-state index contributed by atoms with van der Waals surface area (Å²) in [5.41, 5.74) is 6.22. The van der Waals surface area contributed by atoms with Crippen LogP contribution < -0.4 is 10.6 Å². The fraction of sp³-hybridized carbons (Fsp3) is 0.500. The molecule has 0 radical (unpaired) electrons. The zero-order valence-corrected chi connectivity index (χ0v) is 10.4. The summed E-state index contributed by atoms with van der Waals surface area (Å²) in [6.45, 7) is 6.94. The maximum Gasteiger partial charge on any atom is 0.139 e. The van der Waals surface area contributed by atoms with Crippen molar-refractivity contribution in [1.82, 2.24) is 4.98 Å². The number of nitrogens with two attached hydrogens (primary N) is 1. The number of nitrogens with one attached hydrogen (secondary N) is 1. The molecule has 0 spiro atoms. The zero-order valence-electron chi connectivity index (χ0n) is 10.4. The van der Waals surface area contributed by atoms with Crippen molar-refractivity contribution < 1.29 is 4.74 Å². The first kappa shape index (κ1) is 13.4. The van der Waals surface area contributed by atoms with Gasteiger partial charge in [0.2, 0.25) is 0 Å². The summed E-state index contributed by atoms with van der Waals surface area (Å²) in [5, 5.41) is 7.54. The number of nitrogen functional groups attached to an aromatic ring is 1. The molecule has 0 fully saturated rings. The Labute approximate surface area is 102 Å². The van der Waals surface area contributed by atoms with Gasteiger partial charge in [-0.1, -0.05) is 0 Å². The van der Waals surface area contributed by atoms with Crippen LogP contribution in [0.5, 0.6) is 0 Å². The van der Waals surface area contributed by atoms with Crippen LogP contribution in [0.4, 0.5) is 5.82 Å². The molecular weight excluding hydrogens is 216 g/mol. The number of hydrogen-bond donors (Lipinski definition) is 2. The Morgan fingerprint density at radius 1 is 1.53 bits per heavy atom. The van der Waals surface area contributed by atoms with Crippen molar-refractivity contribution in [2.45, 2.75) is 13.8 Å². The molecule has 0 saturated carbocycles. The van der Waals surface area contributed by atoms with Crippen LogP contribution in [0.1, 0.15) is 19.4 Å². The van der Waals surface area contributed by atoms with Crippen LogP contribution in [0.2, 0.25) is 0 Å². The molecule has 0 aliphatic rings. The Balaban J connectivity index is 2.83. The van der Waals surface area contributed by atoms with Gasteiger partial charge in [-0.25, -0.2) is 4.98 Å². The first-order valence-corrected chi connectivity index (χ1v) is 5.82. The van der Waals surface area contributed by atoms with Gasteiger partial charge in [0.1, 0.15) is 11.7 Å². The van der Waals surface area contributed by atoms with Crippen molar-refractivity contribution in [3.63, 3.8) is 0 Å². The highest BCUT2D eigenvalue weighted by Crippen LogP contribution is 2.15. The average molecular weight is 236 g/mol. The lowest BCUT2D eigenvalue weighted by Gasteiger charge is -2.23. The van der Waals surface area contributed by atoms with E-state index in [1.807, 2.05) is 19.9 Å². The standard InChI is InChI=1S/C12H20N4O/c1-3-16(8-9-17-4-2)12-10(11(13)14)6-5-7-15-12/h5-7H,3-4,8-9H2,1-2H3,(H3,13,14). The van der Waals surface area contributed by atoms with E-state index < -0.39 is 0 Å². The van der Waals surface area contributed by atoms with Crippen LogP contribution in [-0.4, -0.2) is 37.1 Å². The SMILES string of the molecule is CCOCCN(CC)c1ncccc1C(=N)N. The highest BCUT2D eigenvalue weighted by atomic mass is 16.5. The molecular formula is C12H20N4O. The molecule has 17 heavy (non-hydrogen) atoms. The lowest BCUT2D eigenvalue weighted by Crippen LogP contribution is -2.30. The second kappa shape index (κ2) is 6.85. The molecule has 3 N–H and O–H groups in total. The Hall–Kier alpha value is -1.62. The number of hydrogen-bond acceptors (Lipinski definition) is 4. The predicted octanol–water partition coefficient (Wildman–Crippen LogP) is 1.23. The lowest BCUT2D eigenvalue weighted by atomic mass is 10.2. The maximum absolute atomic E-state index is 7.54. The third-order valence-corrected chi connectivity index (χ3v) is 2.47. The monoisotopic (exact) mass is 236 g/mol. The van der Waals surface area contributed by atoms with Crippen LogP contribution in [0.25, 0.3) is 0 Å². The highest BCUT2D eigenvalue weighted by molar-refractivity contribution is 5.99. The van der Waals surface area contributed by atoms with Gasteiger partial charge in [0.25, 0.3) is 0 Å². The number of pyridine rings is 1. The molecule has 0 saturated heterocycles. The number of likely N-dealkylation sites (N-methyl/N-ethyl adjacent to an activating group) is 1. The van der Waals surface area contributed by atoms with E-state index in [2.05, 4.69) is 9.88 Å². The molecule has 1 rings (SSSR count). The molecule has 0 atom stereocenters. The molecule has 1 aromatic heterocycles. The summed E-state index contributed by atoms with van der Waals surface area (Å²) >= 11 is 0. The van der Waals surface area contributed by atoms with Gasteiger partial charge in [-0.05, 0) is 26.0 Å². The van der Waals surface area contributed by atoms with Gasteiger partial charge in [-0.3, -0.25) is 5.41 Å². The minimum absolute atomic E-state index is 0.0444. The van der Waals surface area contributed by atoms with Gasteiger partial charge < -0.3 is 15.4 Å². The minimum atomic E-state index is 0.0444. The molecule has 0 aliphatic carbocycles. The van der Waals surface area contributed by atoms with Crippen LogP contribution in [0, 0.1) is 5.41 Å². The molecule has 0 unspecified atom stereocenters. The predicted molar refractivity (Wildman–Crippen MR) is 69.6 cm³/mol. The first-order valence-electron chi connectivity index (χ1n) is 5.82. The van der Waals surface area contributed by atoms with Crippen LogP contribution in [-0.2, 0) is 4.74 Å². The van der Waals surface area contributed by atoms with Crippen molar-refractivity contribution in [2.24, 2.45) is 5.73 Å². The van der Waals surface area contributed by atoms with Crippen molar-refractivity contribution in [3.8, 4) is 0 Å².